The Labute approximate surface area is 153 Å². The number of piperidine rings is 1. The number of benzene rings is 1. The lowest BCUT2D eigenvalue weighted by molar-refractivity contribution is -0.137. The van der Waals surface area contributed by atoms with Crippen molar-refractivity contribution in [1.29, 1.82) is 0 Å². The molecule has 7 heteroatoms. The molecule has 1 aromatic rings. The summed E-state index contributed by atoms with van der Waals surface area (Å²) in [5, 5.41) is 6.47. The summed E-state index contributed by atoms with van der Waals surface area (Å²) in [6.07, 6.45) is 1.76. The minimum Gasteiger partial charge on any atom is -0.362 e. The molecule has 0 bridgehead atoms. The third-order valence-electron chi connectivity index (χ3n) is 4.60. The smallest absolute Gasteiger partial charge is 0.362 e. The van der Waals surface area contributed by atoms with Crippen LogP contribution in [0.25, 0.3) is 0 Å². The van der Waals surface area contributed by atoms with Crippen molar-refractivity contribution in [1.82, 2.24) is 10.2 Å². The second-order valence-corrected chi connectivity index (χ2v) is 6.81. The Morgan fingerprint density at radius 2 is 1.96 bits per heavy atom. The van der Waals surface area contributed by atoms with Gasteiger partial charge in [-0.3, -0.25) is 0 Å². The van der Waals surface area contributed by atoms with Crippen molar-refractivity contribution >= 4 is 23.0 Å². The molecule has 0 aliphatic carbocycles. The molecule has 0 radical (unpaired) electrons. The Kier molecular flexibility index (Phi) is 7.50. The fourth-order valence-corrected chi connectivity index (χ4v) is 3.44. The lowest BCUT2D eigenvalue weighted by Crippen LogP contribution is -2.40. The molecule has 1 heterocycles. The number of likely N-dealkylation sites (tertiary alicyclic amines) is 1. The Morgan fingerprint density at radius 3 is 2.60 bits per heavy atom. The number of alkyl halides is 3. The van der Waals surface area contributed by atoms with Gasteiger partial charge >= 0.3 is 6.18 Å². The van der Waals surface area contributed by atoms with Crippen LogP contribution in [0, 0.1) is 0 Å². The highest BCUT2D eigenvalue weighted by atomic mass is 32.1. The first-order valence-corrected chi connectivity index (χ1v) is 9.27. The van der Waals surface area contributed by atoms with E-state index in [1.165, 1.54) is 44.4 Å². The van der Waals surface area contributed by atoms with E-state index in [1.807, 2.05) is 0 Å². The fourth-order valence-electron chi connectivity index (χ4n) is 3.22. The van der Waals surface area contributed by atoms with Gasteiger partial charge in [0.25, 0.3) is 0 Å². The van der Waals surface area contributed by atoms with Gasteiger partial charge in [0.1, 0.15) is 0 Å². The lowest BCUT2D eigenvalue weighted by Gasteiger charge is -2.35. The predicted octanol–water partition coefficient (Wildman–Crippen LogP) is 4.65. The maximum Gasteiger partial charge on any atom is 0.416 e. The first kappa shape index (κ1) is 20.0. The van der Waals surface area contributed by atoms with Gasteiger partial charge in [-0.2, -0.15) is 13.2 Å². The number of rotatable bonds is 6. The minimum absolute atomic E-state index is 0.436. The van der Waals surface area contributed by atoms with Gasteiger partial charge in [-0.15, -0.1) is 0 Å². The predicted molar refractivity (Wildman–Crippen MR) is 99.8 cm³/mol. The molecule has 0 saturated carbocycles. The molecule has 1 fully saturated rings. The fraction of sp³-hybridized carbons (Fsp3) is 0.611. The van der Waals surface area contributed by atoms with Crippen LogP contribution in [-0.2, 0) is 6.18 Å². The van der Waals surface area contributed by atoms with E-state index in [1.54, 1.807) is 0 Å². The molecule has 1 atom stereocenters. The van der Waals surface area contributed by atoms with Crippen molar-refractivity contribution in [2.24, 2.45) is 0 Å². The van der Waals surface area contributed by atoms with Crippen LogP contribution in [0.1, 0.15) is 44.6 Å². The quantitative estimate of drug-likeness (QED) is 0.561. The topological polar surface area (TPSA) is 27.3 Å². The molecule has 0 spiro atoms. The zero-order chi connectivity index (χ0) is 18.3. The molecular weight excluding hydrogens is 347 g/mol. The summed E-state index contributed by atoms with van der Waals surface area (Å²) in [6.45, 7) is 5.21. The summed E-state index contributed by atoms with van der Waals surface area (Å²) < 4.78 is 37.6. The van der Waals surface area contributed by atoms with Crippen LogP contribution < -0.4 is 10.6 Å². The van der Waals surface area contributed by atoms with Crippen molar-refractivity contribution in [2.45, 2.75) is 51.2 Å². The maximum atomic E-state index is 12.5. The Morgan fingerprint density at radius 1 is 1.24 bits per heavy atom. The van der Waals surface area contributed by atoms with Gasteiger partial charge in [0, 0.05) is 24.8 Å². The Balaban J connectivity index is 1.68. The third-order valence-corrected chi connectivity index (χ3v) is 4.84. The van der Waals surface area contributed by atoms with Gasteiger partial charge in [0.05, 0.1) is 5.56 Å². The Hall–Kier alpha value is -1.34. The number of halogens is 3. The number of nitrogens with one attached hydrogen (secondary N) is 2. The molecule has 25 heavy (non-hydrogen) atoms. The summed E-state index contributed by atoms with van der Waals surface area (Å²) in [5.74, 6) is 0. The van der Waals surface area contributed by atoms with E-state index in [2.05, 4.69) is 22.5 Å². The van der Waals surface area contributed by atoms with Crippen molar-refractivity contribution < 1.29 is 13.2 Å². The summed E-state index contributed by atoms with van der Waals surface area (Å²) in [5.41, 5.74) is -0.114. The molecule has 2 N–H and O–H groups in total. The van der Waals surface area contributed by atoms with Gasteiger partial charge in [-0.25, -0.2) is 0 Å². The monoisotopic (exact) mass is 373 g/mol. The number of hydrogen-bond donors (Lipinski definition) is 2. The maximum absolute atomic E-state index is 12.5. The van der Waals surface area contributed by atoms with Gasteiger partial charge in [-0.05, 0) is 68.7 Å². The van der Waals surface area contributed by atoms with Crippen molar-refractivity contribution in [3.8, 4) is 0 Å². The van der Waals surface area contributed by atoms with E-state index in [-0.39, 0.29) is 0 Å². The minimum atomic E-state index is -4.32. The van der Waals surface area contributed by atoms with Crippen LogP contribution in [0.2, 0.25) is 0 Å². The van der Waals surface area contributed by atoms with E-state index in [4.69, 9.17) is 12.2 Å². The van der Waals surface area contributed by atoms with Crippen LogP contribution in [0.3, 0.4) is 0 Å². The average Bonchev–Trinajstić information content (AvgIpc) is 2.58. The zero-order valence-corrected chi connectivity index (χ0v) is 15.3. The summed E-state index contributed by atoms with van der Waals surface area (Å²) in [4.78, 5) is 2.55. The average molecular weight is 373 g/mol. The van der Waals surface area contributed by atoms with Crippen LogP contribution in [0.5, 0.6) is 0 Å². The molecule has 3 nitrogen and oxygen atoms in total. The molecule has 1 saturated heterocycles. The number of anilines is 1. The third kappa shape index (κ3) is 6.47. The van der Waals surface area contributed by atoms with Crippen LogP contribution in [-0.4, -0.2) is 35.7 Å². The normalized spacial score (nSPS) is 18.8. The van der Waals surface area contributed by atoms with E-state index in [9.17, 15) is 13.2 Å². The van der Waals surface area contributed by atoms with Gasteiger partial charge in [0.15, 0.2) is 5.11 Å². The summed E-state index contributed by atoms with van der Waals surface area (Å²) in [7, 11) is 0. The second-order valence-electron chi connectivity index (χ2n) is 6.40. The molecule has 1 aromatic carbocycles. The molecule has 0 unspecified atom stereocenters. The number of thiocarbonyl (C=S) groups is 1. The number of hydrogen-bond acceptors (Lipinski definition) is 2. The van der Waals surface area contributed by atoms with Crippen LogP contribution in [0.4, 0.5) is 18.9 Å². The van der Waals surface area contributed by atoms with E-state index in [0.717, 1.165) is 31.6 Å². The van der Waals surface area contributed by atoms with E-state index >= 15 is 0 Å². The van der Waals surface area contributed by atoms with E-state index in [0.29, 0.717) is 16.8 Å². The molecule has 2 rings (SSSR count). The largest absolute Gasteiger partial charge is 0.416 e. The standard InChI is InChI=1S/C18H26F3N3S/c1-2-16-6-3-4-12-24(16)13-5-11-22-17(25)23-15-9-7-14(8-10-15)18(19,20)21/h7-10,16H,2-6,11-13H2,1H3,(H2,22,23,25)/t16-/m1/s1. The molecule has 1 aliphatic rings. The summed E-state index contributed by atoms with van der Waals surface area (Å²) >= 11 is 5.20. The van der Waals surface area contributed by atoms with Gasteiger partial charge in [-0.1, -0.05) is 13.3 Å². The first-order chi connectivity index (χ1) is 11.9. The highest BCUT2D eigenvalue weighted by Gasteiger charge is 2.29. The summed E-state index contributed by atoms with van der Waals surface area (Å²) in [6, 6.07) is 5.57. The van der Waals surface area contributed by atoms with E-state index < -0.39 is 11.7 Å². The SMILES string of the molecule is CC[C@@H]1CCCCN1CCCNC(=S)Nc1ccc(C(F)(F)F)cc1. The van der Waals surface area contributed by atoms with Crippen molar-refractivity contribution in [2.75, 3.05) is 25.0 Å². The highest BCUT2D eigenvalue weighted by molar-refractivity contribution is 7.80. The number of nitrogens with zero attached hydrogens (tertiary/aromatic N) is 1. The molecular formula is C18H26F3N3S. The van der Waals surface area contributed by atoms with Gasteiger partial charge < -0.3 is 15.5 Å². The zero-order valence-electron chi connectivity index (χ0n) is 14.5. The lowest BCUT2D eigenvalue weighted by atomic mass is 10.00. The highest BCUT2D eigenvalue weighted by Crippen LogP contribution is 2.29. The first-order valence-electron chi connectivity index (χ1n) is 8.86. The van der Waals surface area contributed by atoms with Crippen molar-refractivity contribution in [3.63, 3.8) is 0 Å². The van der Waals surface area contributed by atoms with Crippen molar-refractivity contribution in [3.05, 3.63) is 29.8 Å². The van der Waals surface area contributed by atoms with Crippen LogP contribution in [0.15, 0.2) is 24.3 Å². The van der Waals surface area contributed by atoms with Gasteiger partial charge in [0.2, 0.25) is 0 Å². The van der Waals surface area contributed by atoms with Crippen LogP contribution >= 0.6 is 12.2 Å². The Bertz CT molecular complexity index is 545. The molecule has 140 valence electrons. The second kappa shape index (κ2) is 9.38. The molecule has 0 aromatic heterocycles. The molecule has 0 amide bonds. The molecule has 1 aliphatic heterocycles.